The lowest BCUT2D eigenvalue weighted by Gasteiger charge is -2.05. The summed E-state index contributed by atoms with van der Waals surface area (Å²) in [6, 6.07) is 12.0. The van der Waals surface area contributed by atoms with Gasteiger partial charge in [-0.3, -0.25) is 0 Å². The minimum atomic E-state index is -4.65. The average molecular weight is 239 g/mol. The maximum Gasteiger partial charge on any atom is 0.347 e. The summed E-state index contributed by atoms with van der Waals surface area (Å²) in [5.74, 6) is 0. The number of halogens is 1. The van der Waals surface area contributed by atoms with Gasteiger partial charge in [-0.1, -0.05) is 34.2 Å². The first-order valence-corrected chi connectivity index (χ1v) is 6.09. The van der Waals surface area contributed by atoms with Gasteiger partial charge in [0.1, 0.15) is 0 Å². The van der Waals surface area contributed by atoms with E-state index >= 15 is 0 Å². The van der Waals surface area contributed by atoms with Crippen LogP contribution in [0.2, 0.25) is 0 Å². The van der Waals surface area contributed by atoms with Crippen molar-refractivity contribution in [2.75, 3.05) is 0 Å². The SMILES string of the molecule is O=S(=O)(F)c1cccn1Cc1ccccc1. The van der Waals surface area contributed by atoms with Crippen LogP contribution in [0, 0.1) is 0 Å². The summed E-state index contributed by atoms with van der Waals surface area (Å²) in [6.45, 7) is 0.340. The molecule has 0 radical (unpaired) electrons. The second-order valence-electron chi connectivity index (χ2n) is 3.40. The summed E-state index contributed by atoms with van der Waals surface area (Å²) >= 11 is 0. The third-order valence-corrected chi connectivity index (χ3v) is 3.10. The molecule has 3 nitrogen and oxygen atoms in total. The van der Waals surface area contributed by atoms with Gasteiger partial charge in [-0.15, -0.1) is 0 Å². The predicted molar refractivity (Wildman–Crippen MR) is 58.3 cm³/mol. The summed E-state index contributed by atoms with van der Waals surface area (Å²) in [5, 5.41) is -0.309. The molecule has 0 saturated carbocycles. The lowest BCUT2D eigenvalue weighted by molar-refractivity contribution is 0.537. The second-order valence-corrected chi connectivity index (χ2v) is 4.69. The van der Waals surface area contributed by atoms with E-state index in [9.17, 15) is 12.3 Å². The van der Waals surface area contributed by atoms with Crippen molar-refractivity contribution in [3.63, 3.8) is 0 Å². The highest BCUT2D eigenvalue weighted by atomic mass is 32.3. The Hall–Kier alpha value is -1.62. The van der Waals surface area contributed by atoms with E-state index in [4.69, 9.17) is 0 Å². The van der Waals surface area contributed by atoms with Gasteiger partial charge >= 0.3 is 10.2 Å². The molecular formula is C11H10FNO2S. The monoisotopic (exact) mass is 239 g/mol. The van der Waals surface area contributed by atoms with Crippen molar-refractivity contribution < 1.29 is 12.3 Å². The smallest absolute Gasteiger partial charge is 0.332 e. The van der Waals surface area contributed by atoms with E-state index in [1.165, 1.54) is 16.7 Å². The molecule has 0 saturated heterocycles. The first kappa shape index (κ1) is 10.9. The Morgan fingerprint density at radius 1 is 1.06 bits per heavy atom. The van der Waals surface area contributed by atoms with Gasteiger partial charge in [0.25, 0.3) is 0 Å². The zero-order chi connectivity index (χ0) is 11.6. The van der Waals surface area contributed by atoms with E-state index in [0.29, 0.717) is 6.54 Å². The molecule has 0 unspecified atom stereocenters. The minimum absolute atomic E-state index is 0.309. The van der Waals surface area contributed by atoms with E-state index in [1.54, 1.807) is 6.20 Å². The predicted octanol–water partition coefficient (Wildman–Crippen LogP) is 2.19. The second kappa shape index (κ2) is 4.09. The molecule has 0 aliphatic carbocycles. The van der Waals surface area contributed by atoms with Crippen molar-refractivity contribution in [2.24, 2.45) is 0 Å². The average Bonchev–Trinajstić information content (AvgIpc) is 2.67. The minimum Gasteiger partial charge on any atom is -0.332 e. The largest absolute Gasteiger partial charge is 0.347 e. The molecule has 0 fully saturated rings. The van der Waals surface area contributed by atoms with Crippen LogP contribution in [0.5, 0.6) is 0 Å². The maximum atomic E-state index is 12.9. The number of rotatable bonds is 3. The van der Waals surface area contributed by atoms with Crippen LogP contribution in [0.4, 0.5) is 3.89 Å². The van der Waals surface area contributed by atoms with Gasteiger partial charge in [-0.05, 0) is 17.7 Å². The highest BCUT2D eigenvalue weighted by Crippen LogP contribution is 2.15. The van der Waals surface area contributed by atoms with Crippen LogP contribution in [0.15, 0.2) is 53.7 Å². The molecule has 0 N–H and O–H groups in total. The van der Waals surface area contributed by atoms with Crippen molar-refractivity contribution in [2.45, 2.75) is 11.6 Å². The normalized spacial score (nSPS) is 11.6. The Balaban J connectivity index is 2.34. The number of benzene rings is 1. The third kappa shape index (κ3) is 2.30. The van der Waals surface area contributed by atoms with Gasteiger partial charge < -0.3 is 4.57 Å². The molecule has 0 bridgehead atoms. The highest BCUT2D eigenvalue weighted by Gasteiger charge is 2.16. The Morgan fingerprint density at radius 3 is 2.38 bits per heavy atom. The Bertz CT molecular complexity index is 575. The molecule has 0 spiro atoms. The van der Waals surface area contributed by atoms with Crippen molar-refractivity contribution in [1.29, 1.82) is 0 Å². The van der Waals surface area contributed by atoms with Crippen LogP contribution in [-0.2, 0) is 16.8 Å². The fraction of sp³-hybridized carbons (Fsp3) is 0.0909. The van der Waals surface area contributed by atoms with Gasteiger partial charge in [0.15, 0.2) is 5.03 Å². The molecule has 2 aromatic rings. The molecular weight excluding hydrogens is 229 g/mol. The Kier molecular flexibility index (Phi) is 2.78. The van der Waals surface area contributed by atoms with Crippen LogP contribution in [-0.4, -0.2) is 13.0 Å². The van der Waals surface area contributed by atoms with Crippen LogP contribution < -0.4 is 0 Å². The van der Waals surface area contributed by atoms with Crippen molar-refractivity contribution in [3.05, 3.63) is 54.2 Å². The number of hydrogen-bond donors (Lipinski definition) is 0. The van der Waals surface area contributed by atoms with Crippen molar-refractivity contribution >= 4 is 10.2 Å². The summed E-state index contributed by atoms with van der Waals surface area (Å²) in [4.78, 5) is 0. The molecule has 1 heterocycles. The van der Waals surface area contributed by atoms with E-state index < -0.39 is 10.2 Å². The van der Waals surface area contributed by atoms with E-state index in [0.717, 1.165) is 5.56 Å². The quantitative estimate of drug-likeness (QED) is 0.770. The third-order valence-electron chi connectivity index (χ3n) is 2.23. The van der Waals surface area contributed by atoms with Crippen LogP contribution in [0.3, 0.4) is 0 Å². The summed E-state index contributed by atoms with van der Waals surface area (Å²) in [7, 11) is -4.65. The Morgan fingerprint density at radius 2 is 1.75 bits per heavy atom. The van der Waals surface area contributed by atoms with Gasteiger partial charge in [0.05, 0.1) is 0 Å². The summed E-state index contributed by atoms with van der Waals surface area (Å²) in [5.41, 5.74) is 0.920. The highest BCUT2D eigenvalue weighted by molar-refractivity contribution is 7.86. The molecule has 0 atom stereocenters. The van der Waals surface area contributed by atoms with Gasteiger partial charge in [-0.25, -0.2) is 0 Å². The molecule has 84 valence electrons. The first-order chi connectivity index (χ1) is 7.57. The molecule has 2 rings (SSSR count). The van der Waals surface area contributed by atoms with Crippen LogP contribution in [0.25, 0.3) is 0 Å². The van der Waals surface area contributed by atoms with Gasteiger partial charge in [0, 0.05) is 12.7 Å². The number of hydrogen-bond acceptors (Lipinski definition) is 2. The fourth-order valence-corrected chi connectivity index (χ4v) is 2.18. The van der Waals surface area contributed by atoms with Crippen LogP contribution in [0.1, 0.15) is 5.56 Å². The standard InChI is InChI=1S/C11H10FNO2S/c12-16(14,15)11-7-4-8-13(11)9-10-5-2-1-3-6-10/h1-8H,9H2. The summed E-state index contributed by atoms with van der Waals surface area (Å²) < 4.78 is 35.9. The topological polar surface area (TPSA) is 39.1 Å². The molecule has 0 amide bonds. The molecule has 0 aliphatic rings. The van der Waals surface area contributed by atoms with Crippen molar-refractivity contribution in [1.82, 2.24) is 4.57 Å². The number of nitrogens with zero attached hydrogens (tertiary/aromatic N) is 1. The van der Waals surface area contributed by atoms with E-state index in [1.807, 2.05) is 30.3 Å². The lowest BCUT2D eigenvalue weighted by Crippen LogP contribution is -2.05. The van der Waals surface area contributed by atoms with Crippen molar-refractivity contribution in [3.8, 4) is 0 Å². The van der Waals surface area contributed by atoms with Gasteiger partial charge in [0.2, 0.25) is 0 Å². The zero-order valence-corrected chi connectivity index (χ0v) is 9.19. The summed E-state index contributed by atoms with van der Waals surface area (Å²) in [6.07, 6.45) is 1.54. The Labute approximate surface area is 93.4 Å². The zero-order valence-electron chi connectivity index (χ0n) is 8.38. The molecule has 5 heteroatoms. The molecule has 1 aromatic heterocycles. The first-order valence-electron chi connectivity index (χ1n) is 4.71. The lowest BCUT2D eigenvalue weighted by atomic mass is 10.2. The molecule has 0 aliphatic heterocycles. The molecule has 16 heavy (non-hydrogen) atoms. The molecule has 1 aromatic carbocycles. The van der Waals surface area contributed by atoms with E-state index in [2.05, 4.69) is 0 Å². The number of aromatic nitrogens is 1. The van der Waals surface area contributed by atoms with Crippen LogP contribution >= 0.6 is 0 Å². The maximum absolute atomic E-state index is 12.9. The fourth-order valence-electron chi connectivity index (χ4n) is 1.53. The van der Waals surface area contributed by atoms with E-state index in [-0.39, 0.29) is 5.03 Å². The van der Waals surface area contributed by atoms with Gasteiger partial charge in [-0.2, -0.15) is 8.42 Å².